The van der Waals surface area contributed by atoms with E-state index in [1.807, 2.05) is 12.1 Å². The van der Waals surface area contributed by atoms with Crippen LogP contribution in [0.2, 0.25) is 0 Å². The summed E-state index contributed by atoms with van der Waals surface area (Å²) in [6, 6.07) is 11.8. The number of anilines is 1. The van der Waals surface area contributed by atoms with Crippen molar-refractivity contribution in [1.82, 2.24) is 14.6 Å². The Balaban J connectivity index is 1.12. The van der Waals surface area contributed by atoms with E-state index in [-0.39, 0.29) is 54.2 Å². The number of fused-ring (bicyclic) bond motifs is 2. The number of aliphatic hydroxyl groups is 2. The van der Waals surface area contributed by atoms with E-state index in [2.05, 4.69) is 22.5 Å². The van der Waals surface area contributed by atoms with Gasteiger partial charge in [0.2, 0.25) is 10.0 Å². The van der Waals surface area contributed by atoms with Gasteiger partial charge in [-0.3, -0.25) is 0 Å². The molecule has 3 saturated carbocycles. The van der Waals surface area contributed by atoms with E-state index in [1.54, 1.807) is 37.4 Å². The number of nitrogens with one attached hydrogen (secondary N) is 2. The van der Waals surface area contributed by atoms with Crippen LogP contribution in [0.25, 0.3) is 10.2 Å². The quantitative estimate of drug-likeness (QED) is 0.177. The van der Waals surface area contributed by atoms with Crippen LogP contribution in [-0.2, 0) is 25.9 Å². The number of carbonyl (C=O) groups excluding carboxylic acids is 1. The van der Waals surface area contributed by atoms with Crippen LogP contribution < -0.4 is 15.4 Å². The van der Waals surface area contributed by atoms with Gasteiger partial charge in [0.15, 0.2) is 5.13 Å². The number of benzene rings is 2. The average molecular weight is 729 g/mol. The zero-order valence-electron chi connectivity index (χ0n) is 28.6. The molecular formula is C36H48N4O8S2. The van der Waals surface area contributed by atoms with Gasteiger partial charge in [-0.05, 0) is 92.2 Å². The monoisotopic (exact) mass is 728 g/mol. The largest absolute Gasteiger partial charge is 0.497 e. The number of aliphatic hydroxyl groups excluding tert-OH is 2. The van der Waals surface area contributed by atoms with E-state index in [0.29, 0.717) is 25.0 Å². The van der Waals surface area contributed by atoms with Crippen molar-refractivity contribution in [2.24, 2.45) is 23.2 Å². The molecule has 1 aromatic heterocycles. The first-order valence-electron chi connectivity index (χ1n) is 17.7. The smallest absolute Gasteiger partial charge is 0.407 e. The predicted octanol–water partition coefficient (Wildman–Crippen LogP) is 4.40. The summed E-state index contributed by atoms with van der Waals surface area (Å²) in [5, 5.41) is 29.0. The first-order valence-corrected chi connectivity index (χ1v) is 19.9. The second kappa shape index (κ2) is 14.5. The van der Waals surface area contributed by atoms with E-state index in [1.165, 1.54) is 15.6 Å². The zero-order valence-corrected chi connectivity index (χ0v) is 30.3. The Morgan fingerprint density at radius 3 is 2.62 bits per heavy atom. The summed E-state index contributed by atoms with van der Waals surface area (Å²) in [6.45, 7) is 3.04. The maximum atomic E-state index is 14.3. The van der Waals surface area contributed by atoms with Crippen LogP contribution in [0.4, 0.5) is 9.93 Å². The molecule has 2 heterocycles. The molecule has 3 aromatic rings. The number of nitrogens with zero attached hydrogens (tertiary/aromatic N) is 2. The van der Waals surface area contributed by atoms with Crippen molar-refractivity contribution in [1.29, 1.82) is 0 Å². The minimum absolute atomic E-state index is 0.00650. The molecule has 14 heteroatoms. The van der Waals surface area contributed by atoms with Crippen LogP contribution in [0, 0.1) is 23.2 Å². The number of carbonyl (C=O) groups is 1. The number of aromatic nitrogens is 1. The Hall–Kier alpha value is -3.01. The van der Waals surface area contributed by atoms with Crippen LogP contribution >= 0.6 is 11.3 Å². The predicted molar refractivity (Wildman–Crippen MR) is 190 cm³/mol. The van der Waals surface area contributed by atoms with Crippen LogP contribution in [0.5, 0.6) is 5.75 Å². The first kappa shape index (κ1) is 35.4. The molecule has 4 unspecified atom stereocenters. The van der Waals surface area contributed by atoms with Gasteiger partial charge in [-0.2, -0.15) is 4.31 Å². The van der Waals surface area contributed by atoms with Crippen molar-refractivity contribution in [3.63, 3.8) is 0 Å². The van der Waals surface area contributed by atoms with E-state index in [4.69, 9.17) is 14.2 Å². The lowest BCUT2D eigenvalue weighted by atomic mass is 9.74. The van der Waals surface area contributed by atoms with E-state index >= 15 is 0 Å². The summed E-state index contributed by atoms with van der Waals surface area (Å²) < 4.78 is 47.8. The van der Waals surface area contributed by atoms with Crippen molar-refractivity contribution in [3.8, 4) is 5.75 Å². The highest BCUT2D eigenvalue weighted by Gasteiger charge is 2.46. The molecular weight excluding hydrogens is 681 g/mol. The second-order valence-corrected chi connectivity index (χ2v) is 17.9. The molecule has 50 heavy (non-hydrogen) atoms. The average Bonchev–Trinajstić information content (AvgIpc) is 3.96. The molecule has 2 aromatic carbocycles. The minimum atomic E-state index is -4.04. The maximum absolute atomic E-state index is 14.3. The molecule has 4 fully saturated rings. The van der Waals surface area contributed by atoms with Crippen molar-refractivity contribution in [3.05, 3.63) is 48.0 Å². The van der Waals surface area contributed by atoms with Crippen LogP contribution in [-0.4, -0.2) is 98.3 Å². The van der Waals surface area contributed by atoms with Gasteiger partial charge in [-0.15, -0.1) is 0 Å². The fourth-order valence-corrected chi connectivity index (χ4v) is 9.96. The third-order valence-electron chi connectivity index (χ3n) is 10.9. The topological polar surface area (TPSA) is 160 Å². The van der Waals surface area contributed by atoms with Crippen molar-refractivity contribution in [2.75, 3.05) is 45.3 Å². The normalized spacial score (nSPS) is 25.5. The molecule has 1 amide bonds. The Labute approximate surface area is 297 Å². The van der Waals surface area contributed by atoms with Gasteiger partial charge in [0.05, 0.1) is 41.0 Å². The molecule has 12 nitrogen and oxygen atoms in total. The van der Waals surface area contributed by atoms with Gasteiger partial charge in [0, 0.05) is 44.2 Å². The van der Waals surface area contributed by atoms with Gasteiger partial charge in [0.25, 0.3) is 0 Å². The summed E-state index contributed by atoms with van der Waals surface area (Å²) in [5.74, 6) is 0.726. The number of ether oxygens (including phenoxy) is 3. The van der Waals surface area contributed by atoms with E-state index < -0.39 is 34.4 Å². The maximum Gasteiger partial charge on any atom is 0.407 e. The number of sulfonamides is 1. The number of alkyl carbamates (subject to hydrolysis) is 1. The van der Waals surface area contributed by atoms with Crippen molar-refractivity contribution < 1.29 is 37.6 Å². The van der Waals surface area contributed by atoms with Crippen molar-refractivity contribution in [2.45, 2.75) is 81.1 Å². The Morgan fingerprint density at radius 1 is 1.14 bits per heavy atom. The summed E-state index contributed by atoms with van der Waals surface area (Å²) >= 11 is 1.44. The zero-order chi connectivity index (χ0) is 35.0. The molecule has 272 valence electrons. The molecule has 0 radical (unpaired) electrons. The SMILES string of the molecule is COc1ccc(C[C@H](NC(=O)OC2C(CO)CCC3COCC32)[C@H](O)CN(CC2(C)CC2)S(=O)(=O)c2ccc3nc(NC4CC4)sc3c2)cc1. The van der Waals surface area contributed by atoms with E-state index in [0.717, 1.165) is 59.4 Å². The fourth-order valence-electron chi connectivity index (χ4n) is 7.26. The Morgan fingerprint density at radius 2 is 1.92 bits per heavy atom. The third kappa shape index (κ3) is 8.05. The van der Waals surface area contributed by atoms with Gasteiger partial charge in [-0.25, -0.2) is 18.2 Å². The first-order chi connectivity index (χ1) is 24.0. The van der Waals surface area contributed by atoms with Crippen molar-refractivity contribution >= 4 is 42.8 Å². The minimum Gasteiger partial charge on any atom is -0.497 e. The van der Waals surface area contributed by atoms with Crippen LogP contribution in [0.3, 0.4) is 0 Å². The summed E-state index contributed by atoms with van der Waals surface area (Å²) in [4.78, 5) is 18.3. The van der Waals surface area contributed by atoms with Crippen LogP contribution in [0.15, 0.2) is 47.4 Å². The number of methoxy groups -OCH3 is 1. The highest BCUT2D eigenvalue weighted by atomic mass is 32.2. The standard InChI is InChI=1S/C36H48N4O8S2/c1-36(13-14-36)21-40(50(44,45)27-11-12-29-32(16-27)49-34(38-29)37-25-7-8-25)17-31(42)30(15-22-3-9-26(46-2)10-4-22)39-35(43)48-33-23(18-41)5-6-24-19-47-20-28(24)33/h3-4,9-12,16,23-25,28,30-31,33,41-42H,5-8,13-15,17-21H2,1-2H3,(H,37,38)(H,39,43)/t23?,24?,28?,30-,31+,33?/m0/s1. The summed E-state index contributed by atoms with van der Waals surface area (Å²) in [7, 11) is -2.46. The molecule has 7 rings (SSSR count). The number of rotatable bonds is 15. The highest BCUT2D eigenvalue weighted by molar-refractivity contribution is 7.89. The number of hydrogen-bond acceptors (Lipinski definition) is 11. The molecule has 1 aliphatic heterocycles. The van der Waals surface area contributed by atoms with Crippen LogP contribution in [0.1, 0.15) is 51.0 Å². The molecule has 4 N–H and O–H groups in total. The number of thiazole rings is 1. The van der Waals surface area contributed by atoms with Gasteiger partial charge in [0.1, 0.15) is 11.9 Å². The lowest BCUT2D eigenvalue weighted by Gasteiger charge is -2.38. The number of amides is 1. The molecule has 0 bridgehead atoms. The summed E-state index contributed by atoms with van der Waals surface area (Å²) in [6.07, 6.45) is 3.35. The molecule has 1 saturated heterocycles. The molecule has 3 aliphatic carbocycles. The summed E-state index contributed by atoms with van der Waals surface area (Å²) in [5.41, 5.74) is 1.36. The fraction of sp³-hybridized carbons (Fsp3) is 0.611. The molecule has 4 aliphatic rings. The number of hydrogen-bond donors (Lipinski definition) is 4. The van der Waals surface area contributed by atoms with E-state index in [9.17, 15) is 23.4 Å². The molecule has 6 atom stereocenters. The van der Waals surface area contributed by atoms with Gasteiger partial charge >= 0.3 is 6.09 Å². The lowest BCUT2D eigenvalue weighted by Crippen LogP contribution is -2.53. The van der Waals surface area contributed by atoms with Gasteiger partial charge < -0.3 is 35.1 Å². The lowest BCUT2D eigenvalue weighted by molar-refractivity contribution is -0.0347. The third-order valence-corrected chi connectivity index (χ3v) is 13.6. The molecule has 0 spiro atoms. The Kier molecular flexibility index (Phi) is 10.3. The second-order valence-electron chi connectivity index (χ2n) is 14.9. The Bertz CT molecular complexity index is 1760. The highest BCUT2D eigenvalue weighted by Crippen LogP contribution is 2.46. The van der Waals surface area contributed by atoms with Gasteiger partial charge in [-0.1, -0.05) is 30.4 Å².